The van der Waals surface area contributed by atoms with Crippen LogP contribution in [0.15, 0.2) is 36.2 Å². The molecule has 0 aliphatic heterocycles. The zero-order valence-electron chi connectivity index (χ0n) is 9.38. The predicted molar refractivity (Wildman–Crippen MR) is 65.9 cm³/mol. The molecule has 0 radical (unpaired) electrons. The zero-order valence-corrected chi connectivity index (χ0v) is 10.4. The molecule has 0 heterocycles. The summed E-state index contributed by atoms with van der Waals surface area (Å²) in [5.41, 5.74) is -0.514. The van der Waals surface area contributed by atoms with Crippen molar-refractivity contribution in [1.82, 2.24) is 0 Å². The summed E-state index contributed by atoms with van der Waals surface area (Å²) in [5, 5.41) is 0.600. The Balaban J connectivity index is 0.000000637. The SMILES string of the molecule is FC1=C(F)C(F)c2cccc3ccc(F)c1c23.O=P. The third kappa shape index (κ3) is 1.94. The largest absolute Gasteiger partial charge is 0.279 e. The average molecular weight is 286 g/mol. The van der Waals surface area contributed by atoms with E-state index in [1.807, 2.05) is 0 Å². The first-order valence-corrected chi connectivity index (χ1v) is 5.63. The Morgan fingerprint density at radius 2 is 1.68 bits per heavy atom. The molecule has 0 spiro atoms. The van der Waals surface area contributed by atoms with E-state index in [-0.39, 0.29) is 10.9 Å². The maximum atomic E-state index is 13.6. The lowest BCUT2D eigenvalue weighted by atomic mass is 9.90. The highest BCUT2D eigenvalue weighted by Gasteiger charge is 2.32. The number of alkyl halides is 1. The van der Waals surface area contributed by atoms with Gasteiger partial charge in [0.1, 0.15) is 14.9 Å². The molecular weight excluding hydrogens is 279 g/mol. The van der Waals surface area contributed by atoms with Gasteiger partial charge < -0.3 is 0 Å². The van der Waals surface area contributed by atoms with E-state index >= 15 is 0 Å². The van der Waals surface area contributed by atoms with Crippen molar-refractivity contribution >= 4 is 25.7 Å². The van der Waals surface area contributed by atoms with Crippen LogP contribution in [0.25, 0.3) is 16.6 Å². The van der Waals surface area contributed by atoms with Crippen molar-refractivity contribution in [1.29, 1.82) is 0 Å². The Hall–Kier alpha value is -1.74. The van der Waals surface area contributed by atoms with Crippen molar-refractivity contribution in [2.24, 2.45) is 0 Å². The van der Waals surface area contributed by atoms with Crippen molar-refractivity contribution in [2.45, 2.75) is 6.17 Å². The van der Waals surface area contributed by atoms with E-state index in [1.165, 1.54) is 18.2 Å². The van der Waals surface area contributed by atoms with E-state index < -0.39 is 29.2 Å². The lowest BCUT2D eigenvalue weighted by molar-refractivity contribution is 0.330. The molecule has 0 saturated heterocycles. The third-order valence-electron chi connectivity index (χ3n) is 2.95. The summed E-state index contributed by atoms with van der Waals surface area (Å²) < 4.78 is 62.1. The number of halogens is 4. The van der Waals surface area contributed by atoms with Gasteiger partial charge in [-0.05, 0) is 11.5 Å². The molecule has 98 valence electrons. The Kier molecular flexibility index (Phi) is 3.67. The average Bonchev–Trinajstić information content (AvgIpc) is 2.45. The first-order chi connectivity index (χ1) is 9.11. The van der Waals surface area contributed by atoms with E-state index in [1.54, 1.807) is 15.2 Å². The second-order valence-electron chi connectivity index (χ2n) is 3.89. The van der Waals surface area contributed by atoms with Gasteiger partial charge >= 0.3 is 0 Å². The van der Waals surface area contributed by atoms with E-state index in [2.05, 4.69) is 0 Å². The third-order valence-corrected chi connectivity index (χ3v) is 2.95. The molecule has 3 rings (SSSR count). The summed E-state index contributed by atoms with van der Waals surface area (Å²) in [6, 6.07) is 6.93. The quantitative estimate of drug-likeness (QED) is 0.487. The lowest BCUT2D eigenvalue weighted by Gasteiger charge is -2.19. The molecule has 19 heavy (non-hydrogen) atoms. The van der Waals surface area contributed by atoms with Crippen LogP contribution in [-0.2, 0) is 4.57 Å². The highest BCUT2D eigenvalue weighted by Crippen LogP contribution is 2.45. The van der Waals surface area contributed by atoms with Gasteiger partial charge in [0.15, 0.2) is 17.8 Å². The van der Waals surface area contributed by atoms with Crippen LogP contribution in [0, 0.1) is 5.82 Å². The van der Waals surface area contributed by atoms with Gasteiger partial charge in [0.25, 0.3) is 0 Å². The van der Waals surface area contributed by atoms with Crippen LogP contribution in [-0.4, -0.2) is 0 Å². The molecule has 2 aromatic carbocycles. The molecule has 0 fully saturated rings. The van der Waals surface area contributed by atoms with Gasteiger partial charge in [0.05, 0.1) is 5.56 Å². The van der Waals surface area contributed by atoms with Crippen molar-refractivity contribution < 1.29 is 22.1 Å². The maximum Gasteiger partial charge on any atom is 0.180 e. The lowest BCUT2D eigenvalue weighted by Crippen LogP contribution is -2.05. The Morgan fingerprint density at radius 3 is 2.37 bits per heavy atom. The molecule has 0 amide bonds. The molecule has 1 aliphatic rings. The molecule has 1 aliphatic carbocycles. The molecule has 0 N–H and O–H groups in total. The van der Waals surface area contributed by atoms with Crippen molar-refractivity contribution in [3.63, 3.8) is 0 Å². The fraction of sp³-hybridized carbons (Fsp3) is 0.0769. The molecule has 0 saturated carbocycles. The smallest absolute Gasteiger partial charge is 0.180 e. The van der Waals surface area contributed by atoms with Gasteiger partial charge in [-0.25, -0.2) is 17.6 Å². The zero-order chi connectivity index (χ0) is 14.2. The van der Waals surface area contributed by atoms with Crippen molar-refractivity contribution in [3.8, 4) is 0 Å². The van der Waals surface area contributed by atoms with Gasteiger partial charge in [-0.3, -0.25) is 4.57 Å². The molecule has 1 nitrogen and oxygen atoms in total. The molecule has 2 aromatic rings. The summed E-state index contributed by atoms with van der Waals surface area (Å²) >= 11 is 0. The highest BCUT2D eigenvalue weighted by molar-refractivity contribution is 7.00. The summed E-state index contributed by atoms with van der Waals surface area (Å²) in [6.45, 7) is 0. The molecule has 0 bridgehead atoms. The number of allylic oxidation sites excluding steroid dienone is 1. The second kappa shape index (κ2) is 5.10. The van der Waals surface area contributed by atoms with Crippen molar-refractivity contribution in [2.75, 3.05) is 0 Å². The maximum absolute atomic E-state index is 13.6. The van der Waals surface area contributed by atoms with Crippen LogP contribution in [0.1, 0.15) is 17.3 Å². The van der Waals surface area contributed by atoms with Gasteiger partial charge in [0.2, 0.25) is 0 Å². The summed E-state index contributed by atoms with van der Waals surface area (Å²) in [7, 11) is 1.72. The van der Waals surface area contributed by atoms with Crippen molar-refractivity contribution in [3.05, 3.63) is 53.1 Å². The van der Waals surface area contributed by atoms with Crippen LogP contribution in [0.3, 0.4) is 0 Å². The normalized spacial score (nSPS) is 17.2. The molecule has 1 atom stereocenters. The van der Waals surface area contributed by atoms with Gasteiger partial charge in [-0.2, -0.15) is 0 Å². The van der Waals surface area contributed by atoms with E-state index in [4.69, 9.17) is 4.57 Å². The standard InChI is InChI=1S/C13H6F4.HOP/c14-8-5-4-6-2-1-3-7-9(6)10(8)12(16)13(17)11(7)15;1-2/h1-5,11H;2H. The monoisotopic (exact) mass is 286 g/mol. The van der Waals surface area contributed by atoms with Gasteiger partial charge in [-0.15, -0.1) is 0 Å². The Labute approximate surface area is 108 Å². The van der Waals surface area contributed by atoms with E-state index in [0.717, 1.165) is 6.07 Å². The minimum absolute atomic E-state index is 0.0316. The first-order valence-electron chi connectivity index (χ1n) is 5.22. The fourth-order valence-corrected chi connectivity index (χ4v) is 2.18. The predicted octanol–water partition coefficient (Wildman–Crippen LogP) is 5.09. The molecule has 0 aromatic heterocycles. The molecular formula is C13H7F4OP. The topological polar surface area (TPSA) is 17.1 Å². The van der Waals surface area contributed by atoms with Gasteiger partial charge in [-0.1, -0.05) is 24.3 Å². The van der Waals surface area contributed by atoms with Gasteiger partial charge in [0, 0.05) is 10.9 Å². The number of rotatable bonds is 0. The van der Waals surface area contributed by atoms with Crippen LogP contribution in [0.5, 0.6) is 0 Å². The second-order valence-corrected chi connectivity index (χ2v) is 3.89. The summed E-state index contributed by atoms with van der Waals surface area (Å²) in [4.78, 5) is 0. The van der Waals surface area contributed by atoms with E-state index in [0.29, 0.717) is 5.39 Å². The van der Waals surface area contributed by atoms with Crippen LogP contribution in [0.4, 0.5) is 17.6 Å². The Bertz CT molecular complexity index is 684. The first kappa shape index (κ1) is 13.7. The number of hydrogen-bond acceptors (Lipinski definition) is 1. The Morgan fingerprint density at radius 1 is 1.00 bits per heavy atom. The fourth-order valence-electron chi connectivity index (χ4n) is 2.18. The van der Waals surface area contributed by atoms with Crippen LogP contribution in [0.2, 0.25) is 0 Å². The molecule has 1 unspecified atom stereocenters. The van der Waals surface area contributed by atoms with E-state index in [9.17, 15) is 17.6 Å². The summed E-state index contributed by atoms with van der Waals surface area (Å²) in [5.74, 6) is -3.89. The van der Waals surface area contributed by atoms with Crippen LogP contribution >= 0.6 is 9.12 Å². The summed E-state index contributed by atoms with van der Waals surface area (Å²) in [6.07, 6.45) is -2.16. The number of hydrogen-bond donors (Lipinski definition) is 0. The minimum atomic E-state index is -2.16. The number of benzene rings is 2. The van der Waals surface area contributed by atoms with Crippen LogP contribution < -0.4 is 0 Å². The molecule has 6 heteroatoms. The highest BCUT2D eigenvalue weighted by atomic mass is 31.0. The minimum Gasteiger partial charge on any atom is -0.279 e.